The number of para-hydroxylation sites is 1. The minimum Gasteiger partial charge on any atom is -0.335 e. The van der Waals surface area contributed by atoms with E-state index in [1.807, 2.05) is 12.1 Å². The van der Waals surface area contributed by atoms with Gasteiger partial charge in [0.05, 0.1) is 16.5 Å². The van der Waals surface area contributed by atoms with Crippen LogP contribution in [-0.2, 0) is 4.79 Å². The third-order valence-electron chi connectivity index (χ3n) is 3.70. The van der Waals surface area contributed by atoms with Crippen LogP contribution >= 0.6 is 23.4 Å². The number of nitrogens with zero attached hydrogens (tertiary/aromatic N) is 4. The molecule has 0 radical (unpaired) electrons. The zero-order valence-corrected chi connectivity index (χ0v) is 15.8. The molecular weight excluding hydrogens is 384 g/mol. The Balaban J connectivity index is 1.74. The number of nitrogens with two attached hydrogens (primary N) is 1. The van der Waals surface area contributed by atoms with Crippen LogP contribution < -0.4 is 11.2 Å². The Bertz CT molecular complexity index is 1030. The highest BCUT2D eigenvalue weighted by atomic mass is 35.5. The zero-order valence-electron chi connectivity index (χ0n) is 14.3. The molecule has 0 unspecified atom stereocenters. The van der Waals surface area contributed by atoms with E-state index in [4.69, 9.17) is 22.7 Å². The smallest absolute Gasteiger partial charge is 0.237 e. The van der Waals surface area contributed by atoms with Gasteiger partial charge in [0.15, 0.2) is 5.82 Å². The van der Waals surface area contributed by atoms with Gasteiger partial charge in [-0.15, -0.1) is 10.2 Å². The number of benzene rings is 2. The Labute approximate surface area is 165 Å². The van der Waals surface area contributed by atoms with Crippen molar-refractivity contribution in [1.29, 1.82) is 5.26 Å². The maximum Gasteiger partial charge on any atom is 0.237 e. The number of nitrogens with one attached hydrogen (secondary N) is 1. The van der Waals surface area contributed by atoms with Gasteiger partial charge in [0.25, 0.3) is 0 Å². The number of anilines is 1. The van der Waals surface area contributed by atoms with Gasteiger partial charge in [0.1, 0.15) is 6.07 Å². The van der Waals surface area contributed by atoms with Crippen LogP contribution in [0.5, 0.6) is 0 Å². The minimum atomic E-state index is -0.504. The van der Waals surface area contributed by atoms with Crippen molar-refractivity contribution in [2.45, 2.75) is 17.3 Å². The van der Waals surface area contributed by atoms with Crippen LogP contribution in [0.1, 0.15) is 12.5 Å². The lowest BCUT2D eigenvalue weighted by molar-refractivity contribution is -0.115. The van der Waals surface area contributed by atoms with E-state index >= 15 is 0 Å². The summed E-state index contributed by atoms with van der Waals surface area (Å²) in [7, 11) is 0. The summed E-state index contributed by atoms with van der Waals surface area (Å²) in [5.74, 6) is 6.26. The number of hydrogen-bond donors (Lipinski definition) is 2. The standard InChI is InChI=1S/C18H15ClN6OS/c1-11(17(26)22-15-8-3-2-5-13(15)10-20)27-18-24-23-16(25(18)21)12-6-4-7-14(19)9-12/h2-9,11H,21H2,1H3,(H,22,26)/t11-/m1/s1. The van der Waals surface area contributed by atoms with Gasteiger partial charge in [-0.1, -0.05) is 47.6 Å². The van der Waals surface area contributed by atoms with Gasteiger partial charge < -0.3 is 11.2 Å². The van der Waals surface area contributed by atoms with E-state index in [2.05, 4.69) is 15.5 Å². The summed E-state index contributed by atoms with van der Waals surface area (Å²) >= 11 is 7.17. The Morgan fingerprint density at radius 2 is 2.07 bits per heavy atom. The van der Waals surface area contributed by atoms with E-state index in [0.29, 0.717) is 27.3 Å². The molecule has 9 heteroatoms. The van der Waals surface area contributed by atoms with Crippen molar-refractivity contribution in [2.24, 2.45) is 0 Å². The van der Waals surface area contributed by atoms with Crippen molar-refractivity contribution < 1.29 is 4.79 Å². The molecule has 1 amide bonds. The van der Waals surface area contributed by atoms with Gasteiger partial charge in [0.2, 0.25) is 11.1 Å². The van der Waals surface area contributed by atoms with Gasteiger partial charge in [-0.25, -0.2) is 4.68 Å². The van der Waals surface area contributed by atoms with Gasteiger partial charge in [-0.2, -0.15) is 5.26 Å². The summed E-state index contributed by atoms with van der Waals surface area (Å²) in [6, 6.07) is 16.0. The van der Waals surface area contributed by atoms with Crippen molar-refractivity contribution in [3.8, 4) is 17.5 Å². The number of hydrogen-bond acceptors (Lipinski definition) is 6. The highest BCUT2D eigenvalue weighted by Crippen LogP contribution is 2.27. The summed E-state index contributed by atoms with van der Waals surface area (Å²) in [5, 5.41) is 20.5. The van der Waals surface area contributed by atoms with Crippen molar-refractivity contribution in [3.05, 3.63) is 59.1 Å². The van der Waals surface area contributed by atoms with Gasteiger partial charge >= 0.3 is 0 Å². The van der Waals surface area contributed by atoms with E-state index in [1.165, 1.54) is 16.4 Å². The number of rotatable bonds is 5. The number of aromatic nitrogens is 3. The fourth-order valence-corrected chi connectivity index (χ4v) is 3.28. The highest BCUT2D eigenvalue weighted by Gasteiger charge is 2.20. The Morgan fingerprint density at radius 3 is 2.81 bits per heavy atom. The lowest BCUT2D eigenvalue weighted by Gasteiger charge is -2.12. The average Bonchev–Trinajstić information content (AvgIpc) is 3.02. The Hall–Kier alpha value is -3.02. The van der Waals surface area contributed by atoms with E-state index in [-0.39, 0.29) is 5.91 Å². The van der Waals surface area contributed by atoms with Crippen LogP contribution in [0.25, 0.3) is 11.4 Å². The molecule has 7 nitrogen and oxygen atoms in total. The number of carbonyl (C=O) groups is 1. The molecule has 0 saturated heterocycles. The molecule has 136 valence electrons. The summed E-state index contributed by atoms with van der Waals surface area (Å²) < 4.78 is 1.32. The number of nitriles is 1. The first-order chi connectivity index (χ1) is 13.0. The van der Waals surface area contributed by atoms with Crippen LogP contribution in [0.2, 0.25) is 5.02 Å². The second kappa shape index (κ2) is 8.12. The van der Waals surface area contributed by atoms with E-state index in [1.54, 1.807) is 49.4 Å². The second-order valence-corrected chi connectivity index (χ2v) is 7.34. The van der Waals surface area contributed by atoms with Crippen molar-refractivity contribution >= 4 is 35.0 Å². The first kappa shape index (κ1) is 18.8. The van der Waals surface area contributed by atoms with Gasteiger partial charge in [-0.05, 0) is 31.2 Å². The monoisotopic (exact) mass is 398 g/mol. The molecule has 27 heavy (non-hydrogen) atoms. The van der Waals surface area contributed by atoms with Crippen molar-refractivity contribution in [2.75, 3.05) is 11.2 Å². The maximum atomic E-state index is 12.5. The predicted octanol–water partition coefficient (Wildman–Crippen LogP) is 3.30. The number of amides is 1. The molecule has 1 heterocycles. The maximum absolute atomic E-state index is 12.5. The molecule has 0 aliphatic rings. The molecule has 0 fully saturated rings. The molecule has 3 N–H and O–H groups in total. The lowest BCUT2D eigenvalue weighted by atomic mass is 10.2. The quantitative estimate of drug-likeness (QED) is 0.504. The molecule has 1 aromatic heterocycles. The zero-order chi connectivity index (χ0) is 19.4. The normalized spacial score (nSPS) is 11.6. The number of halogens is 1. The molecule has 0 bridgehead atoms. The molecule has 0 saturated carbocycles. The molecule has 3 rings (SSSR count). The third kappa shape index (κ3) is 4.22. The van der Waals surface area contributed by atoms with Crippen LogP contribution in [0.15, 0.2) is 53.7 Å². The molecular formula is C18H15ClN6OS. The molecule has 1 atom stereocenters. The predicted molar refractivity (Wildman–Crippen MR) is 106 cm³/mol. The van der Waals surface area contributed by atoms with Gasteiger partial charge in [0, 0.05) is 10.6 Å². The SMILES string of the molecule is C[C@@H](Sc1nnc(-c2cccc(Cl)c2)n1N)C(=O)Nc1ccccc1C#N. The summed E-state index contributed by atoms with van der Waals surface area (Å²) in [4.78, 5) is 12.5. The van der Waals surface area contributed by atoms with Crippen molar-refractivity contribution in [3.63, 3.8) is 0 Å². The lowest BCUT2D eigenvalue weighted by Crippen LogP contribution is -2.24. The van der Waals surface area contributed by atoms with E-state index in [9.17, 15) is 4.79 Å². The Morgan fingerprint density at radius 1 is 1.30 bits per heavy atom. The molecule has 3 aromatic rings. The van der Waals surface area contributed by atoms with E-state index in [0.717, 1.165) is 5.56 Å². The van der Waals surface area contributed by atoms with Crippen LogP contribution in [0.4, 0.5) is 5.69 Å². The molecule has 0 aliphatic heterocycles. The largest absolute Gasteiger partial charge is 0.335 e. The molecule has 2 aromatic carbocycles. The first-order valence-electron chi connectivity index (χ1n) is 7.92. The summed E-state index contributed by atoms with van der Waals surface area (Å²) in [6.07, 6.45) is 0. The minimum absolute atomic E-state index is 0.269. The summed E-state index contributed by atoms with van der Waals surface area (Å²) in [6.45, 7) is 1.72. The summed E-state index contributed by atoms with van der Waals surface area (Å²) in [5.41, 5.74) is 1.59. The number of thioether (sulfide) groups is 1. The number of nitrogen functional groups attached to an aromatic ring is 1. The highest BCUT2D eigenvalue weighted by molar-refractivity contribution is 8.00. The van der Waals surface area contributed by atoms with Crippen LogP contribution in [-0.4, -0.2) is 26.0 Å². The fourth-order valence-electron chi connectivity index (χ4n) is 2.32. The molecule has 0 spiro atoms. The fraction of sp³-hybridized carbons (Fsp3) is 0.111. The average molecular weight is 399 g/mol. The van der Waals surface area contributed by atoms with Crippen LogP contribution in [0.3, 0.4) is 0 Å². The Kier molecular flexibility index (Phi) is 5.64. The number of carbonyl (C=O) groups excluding carboxylic acids is 1. The second-order valence-electron chi connectivity index (χ2n) is 5.59. The first-order valence-corrected chi connectivity index (χ1v) is 9.18. The third-order valence-corrected chi connectivity index (χ3v) is 5.00. The van der Waals surface area contributed by atoms with E-state index < -0.39 is 5.25 Å². The van der Waals surface area contributed by atoms with Crippen molar-refractivity contribution in [1.82, 2.24) is 14.9 Å². The van der Waals surface area contributed by atoms with Crippen LogP contribution in [0, 0.1) is 11.3 Å². The topological polar surface area (TPSA) is 110 Å². The van der Waals surface area contributed by atoms with Gasteiger partial charge in [-0.3, -0.25) is 4.79 Å². The molecule has 0 aliphatic carbocycles.